The van der Waals surface area contributed by atoms with Gasteiger partial charge in [0, 0.05) is 13.0 Å². The number of nitrogens with two attached hydrogens (primary N) is 3. The van der Waals surface area contributed by atoms with Gasteiger partial charge in [0.25, 0.3) is 0 Å². The van der Waals surface area contributed by atoms with Crippen molar-refractivity contribution in [2.24, 2.45) is 28.1 Å². The van der Waals surface area contributed by atoms with Crippen LogP contribution in [0.3, 0.4) is 0 Å². The van der Waals surface area contributed by atoms with Crippen molar-refractivity contribution in [3.05, 3.63) is 35.9 Å². The number of guanidine groups is 1. The molecule has 194 valence electrons. The molecule has 35 heavy (non-hydrogen) atoms. The number of benzene rings is 1. The summed E-state index contributed by atoms with van der Waals surface area (Å²) in [6.07, 6.45) is 1.13. The number of carboxylic acid groups (broad SMARTS) is 1. The van der Waals surface area contributed by atoms with Crippen LogP contribution in [0.2, 0.25) is 0 Å². The number of hydrogen-bond donors (Lipinski definition) is 7. The number of rotatable bonds is 15. The maximum Gasteiger partial charge on any atom is 0.322 e. The Morgan fingerprint density at radius 3 is 2.17 bits per heavy atom. The first-order valence-electron chi connectivity index (χ1n) is 11.4. The molecule has 10 N–H and O–H groups in total. The summed E-state index contributed by atoms with van der Waals surface area (Å²) in [7, 11) is 0. The molecule has 0 aliphatic carbocycles. The smallest absolute Gasteiger partial charge is 0.322 e. The van der Waals surface area contributed by atoms with Gasteiger partial charge in [0.15, 0.2) is 5.96 Å². The molecule has 0 aromatic heterocycles. The Hall–Kier alpha value is -3.67. The molecule has 0 saturated carbocycles. The van der Waals surface area contributed by atoms with Crippen molar-refractivity contribution < 1.29 is 24.3 Å². The predicted molar refractivity (Wildman–Crippen MR) is 132 cm³/mol. The Morgan fingerprint density at radius 2 is 1.60 bits per heavy atom. The zero-order valence-electron chi connectivity index (χ0n) is 20.2. The highest BCUT2D eigenvalue weighted by Gasteiger charge is 2.28. The standard InChI is InChI=1S/C23H37N7O5/c1-14(2)11-16(24)20(33)29-17(9-6-10-27-23(25)26)22(35)30-18(21(34)28-13-19(31)32)12-15-7-4-3-5-8-15/h3-5,7-8,14,16-18H,6,9-13,24H2,1-2H3,(H,28,34)(H,29,33)(H,30,35)(H,31,32)(H4,25,26,27). The lowest BCUT2D eigenvalue weighted by molar-refractivity contribution is -0.138. The molecule has 0 spiro atoms. The quantitative estimate of drug-likeness (QED) is 0.0898. The summed E-state index contributed by atoms with van der Waals surface area (Å²) in [5.41, 5.74) is 17.4. The van der Waals surface area contributed by atoms with E-state index in [-0.39, 0.29) is 31.3 Å². The van der Waals surface area contributed by atoms with Crippen LogP contribution < -0.4 is 33.2 Å². The van der Waals surface area contributed by atoms with E-state index < -0.39 is 48.4 Å². The van der Waals surface area contributed by atoms with Crippen LogP contribution >= 0.6 is 0 Å². The maximum absolute atomic E-state index is 13.1. The van der Waals surface area contributed by atoms with E-state index in [4.69, 9.17) is 22.3 Å². The monoisotopic (exact) mass is 491 g/mol. The second kappa shape index (κ2) is 15.3. The summed E-state index contributed by atoms with van der Waals surface area (Å²) in [6, 6.07) is 6.07. The molecule has 0 saturated heterocycles. The average molecular weight is 492 g/mol. The molecule has 0 aliphatic rings. The third-order valence-electron chi connectivity index (χ3n) is 4.97. The highest BCUT2D eigenvalue weighted by atomic mass is 16.4. The number of carbonyl (C=O) groups excluding carboxylic acids is 3. The molecular weight excluding hydrogens is 454 g/mol. The van der Waals surface area contributed by atoms with Crippen molar-refractivity contribution >= 4 is 29.7 Å². The van der Waals surface area contributed by atoms with Gasteiger partial charge in [-0.2, -0.15) is 0 Å². The first-order chi connectivity index (χ1) is 16.5. The fraction of sp³-hybridized carbons (Fsp3) is 0.522. The fourth-order valence-corrected chi connectivity index (χ4v) is 3.28. The third-order valence-corrected chi connectivity index (χ3v) is 4.97. The largest absolute Gasteiger partial charge is 0.480 e. The molecular formula is C23H37N7O5. The molecule has 3 atom stereocenters. The molecule has 0 bridgehead atoms. The number of hydrogen-bond acceptors (Lipinski definition) is 6. The zero-order valence-corrected chi connectivity index (χ0v) is 20.2. The lowest BCUT2D eigenvalue weighted by Gasteiger charge is -2.24. The number of nitrogens with one attached hydrogen (secondary N) is 3. The van der Waals surface area contributed by atoms with E-state index in [1.807, 2.05) is 19.9 Å². The topological polar surface area (TPSA) is 215 Å². The molecule has 0 aliphatic heterocycles. The van der Waals surface area contributed by atoms with Gasteiger partial charge in [-0.25, -0.2) is 0 Å². The highest BCUT2D eigenvalue weighted by molar-refractivity contribution is 5.93. The van der Waals surface area contributed by atoms with Crippen molar-refractivity contribution in [3.8, 4) is 0 Å². The van der Waals surface area contributed by atoms with E-state index in [0.717, 1.165) is 5.56 Å². The second-order valence-electron chi connectivity index (χ2n) is 8.61. The van der Waals surface area contributed by atoms with Crippen LogP contribution in [0.25, 0.3) is 0 Å². The molecule has 0 radical (unpaired) electrons. The summed E-state index contributed by atoms with van der Waals surface area (Å²) in [5, 5.41) is 16.5. The van der Waals surface area contributed by atoms with Crippen LogP contribution in [0.1, 0.15) is 38.7 Å². The van der Waals surface area contributed by atoms with Gasteiger partial charge in [0.05, 0.1) is 6.04 Å². The van der Waals surface area contributed by atoms with Crippen molar-refractivity contribution in [1.82, 2.24) is 16.0 Å². The molecule has 12 heteroatoms. The van der Waals surface area contributed by atoms with Gasteiger partial charge in [0.2, 0.25) is 17.7 Å². The van der Waals surface area contributed by atoms with E-state index in [0.29, 0.717) is 12.8 Å². The SMILES string of the molecule is CC(C)CC(N)C(=O)NC(CCCN=C(N)N)C(=O)NC(Cc1ccccc1)C(=O)NCC(=O)O. The zero-order chi connectivity index (χ0) is 26.4. The van der Waals surface area contributed by atoms with Crippen LogP contribution in [-0.2, 0) is 25.6 Å². The number of amides is 3. The van der Waals surface area contributed by atoms with Crippen molar-refractivity contribution in [1.29, 1.82) is 0 Å². The Labute approximate surface area is 205 Å². The number of aliphatic imine (C=N–C) groups is 1. The van der Waals surface area contributed by atoms with Gasteiger partial charge in [-0.15, -0.1) is 0 Å². The van der Waals surface area contributed by atoms with Crippen molar-refractivity contribution in [3.63, 3.8) is 0 Å². The van der Waals surface area contributed by atoms with Crippen molar-refractivity contribution in [2.75, 3.05) is 13.1 Å². The van der Waals surface area contributed by atoms with E-state index in [1.165, 1.54) is 0 Å². The lowest BCUT2D eigenvalue weighted by Crippen LogP contribution is -2.56. The van der Waals surface area contributed by atoms with Crippen LogP contribution in [0.5, 0.6) is 0 Å². The van der Waals surface area contributed by atoms with Crippen LogP contribution in [-0.4, -0.2) is 66.0 Å². The predicted octanol–water partition coefficient (Wildman–Crippen LogP) is -1.17. The summed E-state index contributed by atoms with van der Waals surface area (Å²) in [4.78, 5) is 53.2. The number of carbonyl (C=O) groups is 4. The van der Waals surface area contributed by atoms with Gasteiger partial charge in [-0.05, 0) is 30.7 Å². The highest BCUT2D eigenvalue weighted by Crippen LogP contribution is 2.07. The minimum absolute atomic E-state index is 0.0907. The third kappa shape index (κ3) is 12.4. The van der Waals surface area contributed by atoms with Gasteiger partial charge in [0.1, 0.15) is 18.6 Å². The van der Waals surface area contributed by atoms with Gasteiger partial charge < -0.3 is 38.3 Å². The summed E-state index contributed by atoms with van der Waals surface area (Å²) in [6.45, 7) is 3.50. The van der Waals surface area contributed by atoms with E-state index in [9.17, 15) is 19.2 Å². The molecule has 3 amide bonds. The van der Waals surface area contributed by atoms with Gasteiger partial charge >= 0.3 is 5.97 Å². The summed E-state index contributed by atoms with van der Waals surface area (Å²) >= 11 is 0. The van der Waals surface area contributed by atoms with E-state index >= 15 is 0 Å². The first kappa shape index (κ1) is 29.4. The second-order valence-corrected chi connectivity index (χ2v) is 8.61. The number of nitrogens with zero attached hydrogens (tertiary/aromatic N) is 1. The molecule has 0 heterocycles. The molecule has 1 aromatic carbocycles. The maximum atomic E-state index is 13.1. The lowest BCUT2D eigenvalue weighted by atomic mass is 10.0. The summed E-state index contributed by atoms with van der Waals surface area (Å²) < 4.78 is 0. The van der Waals surface area contributed by atoms with Crippen LogP contribution in [0, 0.1) is 5.92 Å². The first-order valence-corrected chi connectivity index (χ1v) is 11.4. The Morgan fingerprint density at radius 1 is 0.971 bits per heavy atom. The Bertz CT molecular complexity index is 872. The Kier molecular flexibility index (Phi) is 12.8. The molecule has 12 nitrogen and oxygen atoms in total. The van der Waals surface area contributed by atoms with E-state index in [1.54, 1.807) is 24.3 Å². The number of carboxylic acids is 1. The molecule has 3 unspecified atom stereocenters. The number of aliphatic carboxylic acids is 1. The summed E-state index contributed by atoms with van der Waals surface area (Å²) in [5.74, 6) is -2.88. The molecule has 0 fully saturated rings. The van der Waals surface area contributed by atoms with Crippen molar-refractivity contribution in [2.45, 2.75) is 57.7 Å². The fourth-order valence-electron chi connectivity index (χ4n) is 3.28. The van der Waals surface area contributed by atoms with Gasteiger partial charge in [-0.3, -0.25) is 24.2 Å². The molecule has 1 rings (SSSR count). The minimum Gasteiger partial charge on any atom is -0.480 e. The minimum atomic E-state index is -1.22. The van der Waals surface area contributed by atoms with Crippen LogP contribution in [0.4, 0.5) is 0 Å². The average Bonchev–Trinajstić information content (AvgIpc) is 2.78. The van der Waals surface area contributed by atoms with Crippen LogP contribution in [0.15, 0.2) is 35.3 Å². The van der Waals surface area contributed by atoms with Gasteiger partial charge in [-0.1, -0.05) is 44.2 Å². The molecule has 1 aromatic rings. The normalized spacial score (nSPS) is 13.3. The van der Waals surface area contributed by atoms with E-state index in [2.05, 4.69) is 20.9 Å². The Balaban J connectivity index is 3.01.